The Morgan fingerprint density at radius 3 is 2.95 bits per heavy atom. The van der Waals surface area contributed by atoms with E-state index >= 15 is 0 Å². The van der Waals surface area contributed by atoms with Crippen LogP contribution in [-0.4, -0.2) is 47.9 Å². The van der Waals surface area contributed by atoms with Gasteiger partial charge in [-0.25, -0.2) is 8.42 Å². The van der Waals surface area contributed by atoms with E-state index in [1.54, 1.807) is 0 Å². The summed E-state index contributed by atoms with van der Waals surface area (Å²) in [5, 5.41) is 5.63. The molecule has 2 aromatic heterocycles. The van der Waals surface area contributed by atoms with E-state index in [-0.39, 0.29) is 11.9 Å². The third-order valence-corrected chi connectivity index (χ3v) is 7.09. The molecule has 0 bridgehead atoms. The van der Waals surface area contributed by atoms with Gasteiger partial charge in [-0.3, -0.25) is 0 Å². The molecule has 0 unspecified atom stereocenters. The third-order valence-electron chi connectivity index (χ3n) is 3.82. The standard InChI is InChI=1S/C13H15N3O4S2/c17-22(18,9-3-4-9)16-5-6-19-8-10(16)13-14-12(15-20-13)11-2-1-7-21-11/h1-2,7,9-10H,3-6,8H2/t10-/m0/s1. The molecule has 2 aromatic rings. The van der Waals surface area contributed by atoms with E-state index in [0.29, 0.717) is 24.9 Å². The molecule has 2 aliphatic rings. The highest BCUT2D eigenvalue weighted by atomic mass is 32.2. The number of morpholine rings is 1. The molecule has 1 saturated heterocycles. The lowest BCUT2D eigenvalue weighted by Gasteiger charge is -2.32. The predicted molar refractivity (Wildman–Crippen MR) is 79.8 cm³/mol. The van der Waals surface area contributed by atoms with Gasteiger partial charge in [0.1, 0.15) is 6.04 Å². The molecule has 7 nitrogen and oxygen atoms in total. The van der Waals surface area contributed by atoms with Gasteiger partial charge in [0.05, 0.1) is 23.3 Å². The monoisotopic (exact) mass is 341 g/mol. The highest BCUT2D eigenvalue weighted by Crippen LogP contribution is 2.36. The van der Waals surface area contributed by atoms with Crippen molar-refractivity contribution in [2.24, 2.45) is 0 Å². The Morgan fingerprint density at radius 1 is 1.36 bits per heavy atom. The summed E-state index contributed by atoms with van der Waals surface area (Å²) in [6, 6.07) is 3.28. The fraction of sp³-hybridized carbons (Fsp3) is 0.538. The van der Waals surface area contributed by atoms with Crippen molar-refractivity contribution in [2.45, 2.75) is 24.1 Å². The van der Waals surface area contributed by atoms with E-state index in [0.717, 1.165) is 17.7 Å². The van der Waals surface area contributed by atoms with Gasteiger partial charge in [0.25, 0.3) is 0 Å². The van der Waals surface area contributed by atoms with Gasteiger partial charge in [0.15, 0.2) is 0 Å². The number of rotatable bonds is 4. The van der Waals surface area contributed by atoms with Gasteiger partial charge in [-0.2, -0.15) is 9.29 Å². The van der Waals surface area contributed by atoms with Crippen LogP contribution in [0.25, 0.3) is 10.7 Å². The predicted octanol–water partition coefficient (Wildman–Crippen LogP) is 1.66. The summed E-state index contributed by atoms with van der Waals surface area (Å²) >= 11 is 1.51. The topological polar surface area (TPSA) is 85.5 Å². The Bertz CT molecular complexity index is 752. The second-order valence-electron chi connectivity index (χ2n) is 5.38. The summed E-state index contributed by atoms with van der Waals surface area (Å²) in [4.78, 5) is 5.26. The summed E-state index contributed by atoms with van der Waals surface area (Å²) in [5.74, 6) is 0.784. The summed E-state index contributed by atoms with van der Waals surface area (Å²) in [6.07, 6.45) is 1.47. The van der Waals surface area contributed by atoms with Gasteiger partial charge in [0.2, 0.25) is 21.7 Å². The quantitative estimate of drug-likeness (QED) is 0.841. The SMILES string of the molecule is O=S(=O)(C1CC1)N1CCOC[C@H]1c1nc(-c2cccs2)no1. The Kier molecular flexibility index (Phi) is 3.52. The normalized spacial score (nSPS) is 23.7. The number of ether oxygens (including phenoxy) is 1. The summed E-state index contributed by atoms with van der Waals surface area (Å²) in [6.45, 7) is 0.979. The number of hydrogen-bond acceptors (Lipinski definition) is 7. The van der Waals surface area contributed by atoms with Crippen LogP contribution in [0.2, 0.25) is 0 Å². The van der Waals surface area contributed by atoms with Crippen LogP contribution in [0.4, 0.5) is 0 Å². The van der Waals surface area contributed by atoms with Gasteiger partial charge >= 0.3 is 0 Å². The fourth-order valence-electron chi connectivity index (χ4n) is 2.52. The molecule has 0 spiro atoms. The van der Waals surface area contributed by atoms with Gasteiger partial charge < -0.3 is 9.26 Å². The first kappa shape index (κ1) is 14.3. The molecule has 22 heavy (non-hydrogen) atoms. The zero-order chi connectivity index (χ0) is 15.2. The first-order chi connectivity index (χ1) is 10.7. The molecule has 0 amide bonds. The molecule has 0 aromatic carbocycles. The highest BCUT2D eigenvalue weighted by Gasteiger charge is 2.45. The molecule has 4 rings (SSSR count). The van der Waals surface area contributed by atoms with Gasteiger partial charge in [0, 0.05) is 6.54 Å². The molecule has 3 heterocycles. The average molecular weight is 341 g/mol. The second kappa shape index (κ2) is 5.41. The number of nitrogens with zero attached hydrogens (tertiary/aromatic N) is 3. The van der Waals surface area contributed by atoms with Crippen LogP contribution in [0.3, 0.4) is 0 Å². The molecular weight excluding hydrogens is 326 g/mol. The van der Waals surface area contributed by atoms with Crippen molar-refractivity contribution in [1.29, 1.82) is 0 Å². The lowest BCUT2D eigenvalue weighted by Crippen LogP contribution is -2.44. The number of aromatic nitrogens is 2. The molecule has 1 saturated carbocycles. The van der Waals surface area contributed by atoms with Crippen molar-refractivity contribution in [3.05, 3.63) is 23.4 Å². The first-order valence-electron chi connectivity index (χ1n) is 7.12. The largest absolute Gasteiger partial charge is 0.378 e. The Morgan fingerprint density at radius 2 is 2.23 bits per heavy atom. The number of sulfonamides is 1. The van der Waals surface area contributed by atoms with Crippen LogP contribution in [0, 0.1) is 0 Å². The molecule has 1 aliphatic heterocycles. The first-order valence-corrected chi connectivity index (χ1v) is 9.50. The Hall–Kier alpha value is -1.29. The Balaban J connectivity index is 1.64. The zero-order valence-electron chi connectivity index (χ0n) is 11.7. The minimum absolute atomic E-state index is 0.248. The second-order valence-corrected chi connectivity index (χ2v) is 8.49. The minimum Gasteiger partial charge on any atom is -0.378 e. The smallest absolute Gasteiger partial charge is 0.247 e. The fourth-order valence-corrected chi connectivity index (χ4v) is 5.12. The molecule has 1 aliphatic carbocycles. The van der Waals surface area contributed by atoms with Crippen LogP contribution in [0.1, 0.15) is 24.8 Å². The maximum Gasteiger partial charge on any atom is 0.247 e. The molecule has 0 radical (unpaired) electrons. The van der Waals surface area contributed by atoms with E-state index in [1.165, 1.54) is 15.6 Å². The van der Waals surface area contributed by atoms with E-state index in [9.17, 15) is 8.42 Å². The highest BCUT2D eigenvalue weighted by molar-refractivity contribution is 7.90. The minimum atomic E-state index is -3.30. The van der Waals surface area contributed by atoms with Gasteiger partial charge in [-0.05, 0) is 24.3 Å². The van der Waals surface area contributed by atoms with Crippen LogP contribution in [0.15, 0.2) is 22.0 Å². The van der Waals surface area contributed by atoms with E-state index < -0.39 is 16.1 Å². The van der Waals surface area contributed by atoms with Crippen LogP contribution >= 0.6 is 11.3 Å². The number of hydrogen-bond donors (Lipinski definition) is 0. The van der Waals surface area contributed by atoms with Gasteiger partial charge in [-0.15, -0.1) is 11.3 Å². The van der Waals surface area contributed by atoms with Crippen molar-refractivity contribution < 1.29 is 17.7 Å². The van der Waals surface area contributed by atoms with E-state index in [4.69, 9.17) is 9.26 Å². The number of thiophene rings is 1. The lowest BCUT2D eigenvalue weighted by molar-refractivity contribution is 0.0202. The van der Waals surface area contributed by atoms with E-state index in [2.05, 4.69) is 10.1 Å². The molecule has 9 heteroatoms. The molecule has 2 fully saturated rings. The molecular formula is C13H15N3O4S2. The Labute approximate surface area is 131 Å². The maximum absolute atomic E-state index is 12.5. The lowest BCUT2D eigenvalue weighted by atomic mass is 10.3. The van der Waals surface area contributed by atoms with Gasteiger partial charge in [-0.1, -0.05) is 11.2 Å². The molecule has 118 valence electrons. The van der Waals surface area contributed by atoms with Crippen molar-refractivity contribution in [3.63, 3.8) is 0 Å². The zero-order valence-corrected chi connectivity index (χ0v) is 13.3. The summed E-state index contributed by atoms with van der Waals surface area (Å²) in [7, 11) is -3.30. The van der Waals surface area contributed by atoms with Crippen molar-refractivity contribution in [2.75, 3.05) is 19.8 Å². The molecule has 1 atom stereocenters. The third kappa shape index (κ3) is 2.47. The van der Waals surface area contributed by atoms with Crippen LogP contribution in [-0.2, 0) is 14.8 Å². The van der Waals surface area contributed by atoms with Crippen molar-refractivity contribution in [1.82, 2.24) is 14.4 Å². The van der Waals surface area contributed by atoms with E-state index in [1.807, 2.05) is 17.5 Å². The molecule has 0 N–H and O–H groups in total. The van der Waals surface area contributed by atoms with Crippen LogP contribution < -0.4 is 0 Å². The summed E-state index contributed by atoms with van der Waals surface area (Å²) in [5.41, 5.74) is 0. The summed E-state index contributed by atoms with van der Waals surface area (Å²) < 4.78 is 37.3. The van der Waals surface area contributed by atoms with Crippen molar-refractivity contribution in [3.8, 4) is 10.7 Å². The average Bonchev–Trinajstić information content (AvgIpc) is 3.06. The van der Waals surface area contributed by atoms with Crippen molar-refractivity contribution >= 4 is 21.4 Å². The van der Waals surface area contributed by atoms with Crippen LogP contribution in [0.5, 0.6) is 0 Å². The maximum atomic E-state index is 12.5.